The Bertz CT molecular complexity index is 665. The summed E-state index contributed by atoms with van der Waals surface area (Å²) >= 11 is 0. The lowest BCUT2D eigenvalue weighted by Gasteiger charge is -2.12. The van der Waals surface area contributed by atoms with Crippen LogP contribution in [0.2, 0.25) is 0 Å². The van der Waals surface area contributed by atoms with Gasteiger partial charge in [0.05, 0.1) is 30.7 Å². The zero-order chi connectivity index (χ0) is 13.7. The van der Waals surface area contributed by atoms with Crippen molar-refractivity contribution in [2.45, 2.75) is 5.92 Å². The lowest BCUT2D eigenvalue weighted by molar-refractivity contribution is 0.414. The lowest BCUT2D eigenvalue weighted by Crippen LogP contribution is -2.01. The van der Waals surface area contributed by atoms with Gasteiger partial charge in [0.15, 0.2) is 0 Å². The Labute approximate surface area is 112 Å². The first-order valence-corrected chi connectivity index (χ1v) is 5.82. The molecule has 1 atom stereocenters. The van der Waals surface area contributed by atoms with Crippen molar-refractivity contribution in [3.05, 3.63) is 65.2 Å². The summed E-state index contributed by atoms with van der Waals surface area (Å²) in [4.78, 5) is 0. The highest BCUT2D eigenvalue weighted by Gasteiger charge is 2.17. The van der Waals surface area contributed by atoms with E-state index in [1.807, 2.05) is 36.4 Å². The molecular weight excluding hydrogens is 236 g/mol. The summed E-state index contributed by atoms with van der Waals surface area (Å²) in [6.07, 6.45) is 0. The normalized spacial score (nSPS) is 11.1. The van der Waals surface area contributed by atoms with Crippen LogP contribution in [-0.2, 0) is 0 Å². The second kappa shape index (κ2) is 5.71. The van der Waals surface area contributed by atoms with Crippen LogP contribution in [0, 0.1) is 22.7 Å². The molecule has 19 heavy (non-hydrogen) atoms. The first-order chi connectivity index (χ1) is 9.30. The summed E-state index contributed by atoms with van der Waals surface area (Å²) < 4.78 is 5.17. The largest absolute Gasteiger partial charge is 0.497 e. The average Bonchev–Trinajstić information content (AvgIpc) is 2.49. The number of nitriles is 2. The Kier molecular flexibility index (Phi) is 3.81. The molecule has 0 spiro atoms. The maximum atomic E-state index is 9.42. The first kappa shape index (κ1) is 12.7. The number of nitrogens with zero attached hydrogens (tertiary/aromatic N) is 2. The number of hydrogen-bond donors (Lipinski definition) is 0. The molecule has 0 heterocycles. The average molecular weight is 248 g/mol. The van der Waals surface area contributed by atoms with Crippen molar-refractivity contribution in [3.63, 3.8) is 0 Å². The molecule has 92 valence electrons. The highest BCUT2D eigenvalue weighted by Crippen LogP contribution is 2.28. The van der Waals surface area contributed by atoms with Gasteiger partial charge in [0, 0.05) is 0 Å². The minimum atomic E-state index is -0.467. The van der Waals surface area contributed by atoms with Gasteiger partial charge in [-0.3, -0.25) is 0 Å². The van der Waals surface area contributed by atoms with E-state index in [4.69, 9.17) is 10.00 Å². The second-order valence-electron chi connectivity index (χ2n) is 4.04. The van der Waals surface area contributed by atoms with Crippen molar-refractivity contribution < 1.29 is 4.74 Å². The molecule has 1 unspecified atom stereocenters. The summed E-state index contributed by atoms with van der Waals surface area (Å²) in [7, 11) is 1.59. The van der Waals surface area contributed by atoms with Crippen molar-refractivity contribution in [2.75, 3.05) is 7.11 Å². The van der Waals surface area contributed by atoms with Crippen LogP contribution in [0.1, 0.15) is 22.6 Å². The molecule has 2 rings (SSSR count). The van der Waals surface area contributed by atoms with Crippen LogP contribution < -0.4 is 4.74 Å². The Balaban J connectivity index is 2.51. The molecule has 3 heteroatoms. The van der Waals surface area contributed by atoms with Crippen molar-refractivity contribution >= 4 is 0 Å². The highest BCUT2D eigenvalue weighted by atomic mass is 16.5. The van der Waals surface area contributed by atoms with Crippen LogP contribution >= 0.6 is 0 Å². The van der Waals surface area contributed by atoms with Gasteiger partial charge >= 0.3 is 0 Å². The third-order valence-corrected chi connectivity index (χ3v) is 2.95. The smallest absolute Gasteiger partial charge is 0.119 e. The minimum Gasteiger partial charge on any atom is -0.497 e. The molecule has 0 saturated heterocycles. The van der Waals surface area contributed by atoms with Crippen LogP contribution in [0.3, 0.4) is 0 Å². The fourth-order valence-corrected chi connectivity index (χ4v) is 2.00. The van der Waals surface area contributed by atoms with Crippen molar-refractivity contribution in [2.24, 2.45) is 0 Å². The van der Waals surface area contributed by atoms with E-state index in [-0.39, 0.29) is 0 Å². The molecule has 0 amide bonds. The van der Waals surface area contributed by atoms with Crippen molar-refractivity contribution in [1.82, 2.24) is 0 Å². The monoisotopic (exact) mass is 248 g/mol. The van der Waals surface area contributed by atoms with Gasteiger partial charge in [-0.2, -0.15) is 10.5 Å². The molecule has 0 saturated carbocycles. The van der Waals surface area contributed by atoms with E-state index >= 15 is 0 Å². The Morgan fingerprint density at radius 3 is 2.53 bits per heavy atom. The van der Waals surface area contributed by atoms with E-state index in [0.717, 1.165) is 11.1 Å². The molecule has 0 bridgehead atoms. The van der Waals surface area contributed by atoms with E-state index in [2.05, 4.69) is 12.1 Å². The van der Waals surface area contributed by atoms with Gasteiger partial charge in [-0.1, -0.05) is 30.3 Å². The van der Waals surface area contributed by atoms with E-state index in [9.17, 15) is 5.26 Å². The third-order valence-electron chi connectivity index (χ3n) is 2.95. The molecule has 2 aromatic carbocycles. The molecule has 0 fully saturated rings. The van der Waals surface area contributed by atoms with Crippen LogP contribution in [0.5, 0.6) is 5.75 Å². The quantitative estimate of drug-likeness (QED) is 0.837. The van der Waals surface area contributed by atoms with E-state index in [1.54, 1.807) is 19.2 Å². The van der Waals surface area contributed by atoms with Gasteiger partial charge in [-0.25, -0.2) is 0 Å². The van der Waals surface area contributed by atoms with E-state index < -0.39 is 5.92 Å². The SMILES string of the molecule is COc1cccc(C(C#N)c2ccccc2C#N)c1. The maximum Gasteiger partial charge on any atom is 0.119 e. The Morgan fingerprint density at radius 1 is 1.05 bits per heavy atom. The van der Waals surface area contributed by atoms with Crippen LogP contribution in [0.4, 0.5) is 0 Å². The van der Waals surface area contributed by atoms with Gasteiger partial charge in [0.1, 0.15) is 5.75 Å². The number of methoxy groups -OCH3 is 1. The van der Waals surface area contributed by atoms with Gasteiger partial charge in [-0.05, 0) is 29.3 Å². The van der Waals surface area contributed by atoms with Gasteiger partial charge in [0.25, 0.3) is 0 Å². The van der Waals surface area contributed by atoms with Gasteiger partial charge in [0.2, 0.25) is 0 Å². The summed E-state index contributed by atoms with van der Waals surface area (Å²) in [6.45, 7) is 0. The lowest BCUT2D eigenvalue weighted by atomic mass is 9.89. The van der Waals surface area contributed by atoms with Crippen LogP contribution in [0.25, 0.3) is 0 Å². The van der Waals surface area contributed by atoms with E-state index in [0.29, 0.717) is 11.3 Å². The molecular formula is C16H12N2O. The molecule has 0 radical (unpaired) electrons. The molecule has 0 aromatic heterocycles. The predicted molar refractivity (Wildman–Crippen MR) is 71.6 cm³/mol. The molecule has 0 aliphatic heterocycles. The standard InChI is InChI=1S/C16H12N2O/c1-19-14-7-4-6-12(9-14)16(11-18)15-8-3-2-5-13(15)10-17/h2-9,16H,1H3. The molecule has 2 aromatic rings. The van der Waals surface area contributed by atoms with Gasteiger partial charge in [-0.15, -0.1) is 0 Å². The fourth-order valence-electron chi connectivity index (χ4n) is 2.00. The van der Waals surface area contributed by atoms with Crippen LogP contribution in [-0.4, -0.2) is 7.11 Å². The summed E-state index contributed by atoms with van der Waals surface area (Å²) in [6, 6.07) is 18.9. The molecule has 0 aliphatic rings. The third kappa shape index (κ3) is 2.56. The number of rotatable bonds is 3. The number of hydrogen-bond acceptors (Lipinski definition) is 3. The first-order valence-electron chi connectivity index (χ1n) is 5.82. The Morgan fingerprint density at radius 2 is 1.84 bits per heavy atom. The van der Waals surface area contributed by atoms with Gasteiger partial charge < -0.3 is 4.74 Å². The zero-order valence-corrected chi connectivity index (χ0v) is 10.5. The van der Waals surface area contributed by atoms with E-state index in [1.165, 1.54) is 0 Å². The summed E-state index contributed by atoms with van der Waals surface area (Å²) in [5, 5.41) is 18.5. The molecule has 3 nitrogen and oxygen atoms in total. The number of benzene rings is 2. The highest BCUT2D eigenvalue weighted by molar-refractivity contribution is 5.48. The predicted octanol–water partition coefficient (Wildman–Crippen LogP) is 3.22. The molecule has 0 aliphatic carbocycles. The minimum absolute atomic E-state index is 0.467. The topological polar surface area (TPSA) is 56.8 Å². The number of ether oxygens (including phenoxy) is 1. The maximum absolute atomic E-state index is 9.42. The molecule has 0 N–H and O–H groups in total. The summed E-state index contributed by atoms with van der Waals surface area (Å²) in [5.41, 5.74) is 2.07. The Hall–Kier alpha value is -2.78. The van der Waals surface area contributed by atoms with Crippen molar-refractivity contribution in [3.8, 4) is 17.9 Å². The second-order valence-corrected chi connectivity index (χ2v) is 4.04. The van der Waals surface area contributed by atoms with Crippen molar-refractivity contribution in [1.29, 1.82) is 10.5 Å². The fraction of sp³-hybridized carbons (Fsp3) is 0.125. The summed E-state index contributed by atoms with van der Waals surface area (Å²) in [5.74, 6) is 0.234. The zero-order valence-electron chi connectivity index (χ0n) is 10.5. The van der Waals surface area contributed by atoms with Crippen LogP contribution in [0.15, 0.2) is 48.5 Å².